The smallest absolute Gasteiger partial charge is 0.251 e. The highest BCUT2D eigenvalue weighted by Crippen LogP contribution is 2.27. The van der Waals surface area contributed by atoms with Gasteiger partial charge in [-0.1, -0.05) is 53.7 Å². The average molecular weight is 403 g/mol. The number of carbonyl (C=O) groups excluding carboxylic acids is 1. The lowest BCUT2D eigenvalue weighted by Gasteiger charge is -2.09. The highest BCUT2D eigenvalue weighted by molar-refractivity contribution is 7.98. The van der Waals surface area contributed by atoms with Crippen molar-refractivity contribution in [2.45, 2.75) is 24.4 Å². The number of carbonyl (C=O) groups is 1. The van der Waals surface area contributed by atoms with Crippen molar-refractivity contribution < 1.29 is 4.79 Å². The number of benzene rings is 2. The number of nitrogens with zero attached hydrogens (tertiary/aromatic N) is 3. The molecule has 5 nitrogen and oxygen atoms in total. The van der Waals surface area contributed by atoms with Gasteiger partial charge >= 0.3 is 0 Å². The maximum absolute atomic E-state index is 11.7. The third-order valence-corrected chi connectivity index (χ3v) is 5.75. The first kappa shape index (κ1) is 19.2. The number of aromatic nitrogens is 3. The number of aryl methyl sites for hydroxylation is 1. The van der Waals surface area contributed by atoms with Gasteiger partial charge in [-0.05, 0) is 42.3 Å². The average Bonchev–Trinajstić information content (AvgIpc) is 3.09. The highest BCUT2D eigenvalue weighted by atomic mass is 32.2. The molecule has 1 amide bonds. The molecule has 2 aromatic heterocycles. The topological polar surface area (TPSA) is 59.8 Å². The Kier molecular flexibility index (Phi) is 5.62. The molecule has 0 saturated carbocycles. The van der Waals surface area contributed by atoms with Gasteiger partial charge in [-0.3, -0.25) is 9.36 Å². The molecule has 146 valence electrons. The van der Waals surface area contributed by atoms with Crippen LogP contribution >= 0.6 is 11.8 Å². The molecule has 4 rings (SSSR count). The van der Waals surface area contributed by atoms with Gasteiger partial charge in [0.1, 0.15) is 5.52 Å². The normalized spacial score (nSPS) is 11.0. The molecule has 1 N–H and O–H groups in total. The Morgan fingerprint density at radius 3 is 2.66 bits per heavy atom. The first-order valence-electron chi connectivity index (χ1n) is 9.44. The van der Waals surface area contributed by atoms with Crippen molar-refractivity contribution in [1.29, 1.82) is 0 Å². The van der Waals surface area contributed by atoms with E-state index in [1.165, 1.54) is 11.1 Å². The van der Waals surface area contributed by atoms with Crippen LogP contribution in [-0.2, 0) is 12.3 Å². The summed E-state index contributed by atoms with van der Waals surface area (Å²) in [6.07, 6.45) is 1.81. The lowest BCUT2D eigenvalue weighted by atomic mass is 10.1. The van der Waals surface area contributed by atoms with E-state index < -0.39 is 0 Å². The third-order valence-electron chi connectivity index (χ3n) is 4.70. The number of pyridine rings is 1. The van der Waals surface area contributed by atoms with E-state index in [1.807, 2.05) is 42.6 Å². The molecule has 0 aliphatic heterocycles. The molecule has 0 unspecified atom stereocenters. The Morgan fingerprint density at radius 1 is 1.07 bits per heavy atom. The molecule has 0 aliphatic carbocycles. The van der Waals surface area contributed by atoms with E-state index in [1.54, 1.807) is 18.8 Å². The predicted molar refractivity (Wildman–Crippen MR) is 117 cm³/mol. The monoisotopic (exact) mass is 402 g/mol. The predicted octanol–water partition coefficient (Wildman–Crippen LogP) is 4.44. The van der Waals surface area contributed by atoms with Crippen LogP contribution in [0.1, 0.15) is 27.0 Å². The van der Waals surface area contributed by atoms with Crippen molar-refractivity contribution >= 4 is 28.8 Å². The zero-order valence-corrected chi connectivity index (χ0v) is 17.2. The van der Waals surface area contributed by atoms with Gasteiger partial charge in [-0.25, -0.2) is 9.97 Å². The minimum Gasteiger partial charge on any atom is -0.355 e. The quantitative estimate of drug-likeness (QED) is 0.485. The largest absolute Gasteiger partial charge is 0.355 e. The number of rotatable bonds is 6. The van der Waals surface area contributed by atoms with Gasteiger partial charge in [0.15, 0.2) is 10.8 Å². The van der Waals surface area contributed by atoms with Crippen molar-refractivity contribution in [2.24, 2.45) is 0 Å². The Balaban J connectivity index is 1.59. The van der Waals surface area contributed by atoms with Crippen LogP contribution < -0.4 is 5.32 Å². The molecule has 2 aromatic carbocycles. The van der Waals surface area contributed by atoms with E-state index in [0.29, 0.717) is 5.56 Å². The Bertz CT molecular complexity index is 1150. The SMILES string of the molecule is CNC(=O)c1ccc(CSc2nc3cccnc3n2Cc2cccc(C)c2)cc1. The summed E-state index contributed by atoms with van der Waals surface area (Å²) in [4.78, 5) is 21.1. The van der Waals surface area contributed by atoms with Crippen molar-refractivity contribution in [3.63, 3.8) is 0 Å². The van der Waals surface area contributed by atoms with Gasteiger partial charge in [-0.15, -0.1) is 0 Å². The lowest BCUT2D eigenvalue weighted by molar-refractivity contribution is 0.0963. The molecule has 0 atom stereocenters. The first-order chi connectivity index (χ1) is 14.1. The molecule has 4 aromatic rings. The number of hydrogen-bond acceptors (Lipinski definition) is 4. The summed E-state index contributed by atoms with van der Waals surface area (Å²) in [6.45, 7) is 2.83. The van der Waals surface area contributed by atoms with Crippen LogP contribution in [0.3, 0.4) is 0 Å². The fraction of sp³-hybridized carbons (Fsp3) is 0.174. The molecular weight excluding hydrogens is 380 g/mol. The Morgan fingerprint density at radius 2 is 1.90 bits per heavy atom. The molecule has 0 saturated heterocycles. The molecular formula is C23H22N4OS. The van der Waals surface area contributed by atoms with E-state index in [9.17, 15) is 4.79 Å². The van der Waals surface area contributed by atoms with Crippen molar-refractivity contribution in [3.05, 3.63) is 89.1 Å². The molecule has 0 spiro atoms. The van der Waals surface area contributed by atoms with Crippen LogP contribution in [0.15, 0.2) is 72.0 Å². The van der Waals surface area contributed by atoms with Gasteiger partial charge in [0, 0.05) is 24.6 Å². The second kappa shape index (κ2) is 8.49. The van der Waals surface area contributed by atoms with E-state index in [2.05, 4.69) is 46.1 Å². The van der Waals surface area contributed by atoms with Crippen LogP contribution in [0.5, 0.6) is 0 Å². The fourth-order valence-corrected chi connectivity index (χ4v) is 4.19. The van der Waals surface area contributed by atoms with Gasteiger partial charge in [0.05, 0.1) is 6.54 Å². The van der Waals surface area contributed by atoms with Crippen molar-refractivity contribution in [2.75, 3.05) is 7.05 Å². The first-order valence-corrected chi connectivity index (χ1v) is 10.4. The summed E-state index contributed by atoms with van der Waals surface area (Å²) in [5.74, 6) is 0.695. The number of fused-ring (bicyclic) bond motifs is 1. The number of nitrogens with one attached hydrogen (secondary N) is 1. The van der Waals surface area contributed by atoms with E-state index in [0.717, 1.165) is 34.2 Å². The van der Waals surface area contributed by atoms with E-state index >= 15 is 0 Å². The maximum atomic E-state index is 11.7. The summed E-state index contributed by atoms with van der Waals surface area (Å²) in [5.41, 5.74) is 6.07. The van der Waals surface area contributed by atoms with Crippen LogP contribution in [-0.4, -0.2) is 27.5 Å². The molecule has 2 heterocycles. The zero-order chi connectivity index (χ0) is 20.2. The van der Waals surface area contributed by atoms with Gasteiger partial charge < -0.3 is 5.32 Å². The molecule has 29 heavy (non-hydrogen) atoms. The third kappa shape index (κ3) is 4.32. The summed E-state index contributed by atoms with van der Waals surface area (Å²) in [7, 11) is 1.64. The van der Waals surface area contributed by atoms with E-state index in [-0.39, 0.29) is 5.91 Å². The lowest BCUT2D eigenvalue weighted by Crippen LogP contribution is -2.17. The van der Waals surface area contributed by atoms with Gasteiger partial charge in [0.25, 0.3) is 5.91 Å². The van der Waals surface area contributed by atoms with Crippen LogP contribution in [0.25, 0.3) is 11.2 Å². The number of thioether (sulfide) groups is 1. The van der Waals surface area contributed by atoms with E-state index in [4.69, 9.17) is 4.98 Å². The molecule has 0 aliphatic rings. The molecule has 0 radical (unpaired) electrons. The molecule has 0 bridgehead atoms. The highest BCUT2D eigenvalue weighted by Gasteiger charge is 2.13. The van der Waals surface area contributed by atoms with Crippen LogP contribution in [0.4, 0.5) is 0 Å². The number of hydrogen-bond donors (Lipinski definition) is 1. The minimum atomic E-state index is -0.0739. The summed E-state index contributed by atoms with van der Waals surface area (Å²) < 4.78 is 2.17. The zero-order valence-electron chi connectivity index (χ0n) is 16.4. The Labute approximate surface area is 174 Å². The fourth-order valence-electron chi connectivity index (χ4n) is 3.23. The summed E-state index contributed by atoms with van der Waals surface area (Å²) in [6, 6.07) is 20.1. The molecule has 6 heteroatoms. The molecule has 0 fully saturated rings. The summed E-state index contributed by atoms with van der Waals surface area (Å²) >= 11 is 1.68. The van der Waals surface area contributed by atoms with Crippen LogP contribution in [0.2, 0.25) is 0 Å². The second-order valence-electron chi connectivity index (χ2n) is 6.88. The Hall–Kier alpha value is -3.12. The number of amides is 1. The standard InChI is InChI=1S/C23H22N4OS/c1-16-5-3-6-18(13-16)14-27-21-20(7-4-12-25-21)26-23(27)29-15-17-8-10-19(11-9-17)22(28)24-2/h3-13H,14-15H2,1-2H3,(H,24,28). The minimum absolute atomic E-state index is 0.0739. The second-order valence-corrected chi connectivity index (χ2v) is 7.82. The number of imidazole rings is 1. The maximum Gasteiger partial charge on any atom is 0.251 e. The van der Waals surface area contributed by atoms with Gasteiger partial charge in [-0.2, -0.15) is 0 Å². The van der Waals surface area contributed by atoms with Crippen molar-refractivity contribution in [1.82, 2.24) is 19.9 Å². The summed E-state index contributed by atoms with van der Waals surface area (Å²) in [5, 5.41) is 3.58. The van der Waals surface area contributed by atoms with Crippen molar-refractivity contribution in [3.8, 4) is 0 Å². The van der Waals surface area contributed by atoms with Crippen LogP contribution in [0, 0.1) is 6.92 Å². The van der Waals surface area contributed by atoms with Gasteiger partial charge in [0.2, 0.25) is 0 Å².